The molecule has 2 unspecified atom stereocenters. The van der Waals surface area contributed by atoms with Gasteiger partial charge in [-0.2, -0.15) is 0 Å². The molecule has 5 nitrogen and oxygen atoms in total. The number of carbonyl (C=O) groups is 1. The van der Waals surface area contributed by atoms with Crippen LogP contribution in [0.3, 0.4) is 0 Å². The molecule has 3 N–H and O–H groups in total. The molecule has 0 radical (unpaired) electrons. The van der Waals surface area contributed by atoms with Gasteiger partial charge < -0.3 is 20.5 Å². The highest BCUT2D eigenvalue weighted by Crippen LogP contribution is 2.18. The van der Waals surface area contributed by atoms with E-state index in [0.717, 1.165) is 6.42 Å². The Hall–Kier alpha value is -0.810. The molecule has 0 aromatic carbocycles. The Kier molecular flexibility index (Phi) is 4.77. The molecule has 0 spiro atoms. The Morgan fingerprint density at radius 1 is 1.53 bits per heavy atom. The molecule has 17 heavy (non-hydrogen) atoms. The molecule has 0 saturated carbocycles. The number of aliphatic hydroxyl groups is 1. The Labute approximate surface area is 103 Å². The fraction of sp³-hybridized carbons (Fsp3) is 0.917. The molecule has 5 heteroatoms. The van der Waals surface area contributed by atoms with Gasteiger partial charge in [-0.15, -0.1) is 0 Å². The first kappa shape index (κ1) is 14.3. The maximum absolute atomic E-state index is 11.9. The van der Waals surface area contributed by atoms with Crippen molar-refractivity contribution in [3.05, 3.63) is 0 Å². The van der Waals surface area contributed by atoms with Crippen molar-refractivity contribution in [2.24, 2.45) is 11.7 Å². The molecule has 1 rings (SSSR count). The number of likely N-dealkylation sites (tertiary alicyclic amines) is 1. The minimum Gasteiger partial charge on any atom is -0.444 e. The first-order valence-corrected chi connectivity index (χ1v) is 6.19. The molecular formula is C12H24N2O3. The molecule has 2 atom stereocenters. The van der Waals surface area contributed by atoms with Crippen LogP contribution in [0.25, 0.3) is 0 Å². The van der Waals surface area contributed by atoms with Crippen LogP contribution in [-0.4, -0.2) is 47.4 Å². The number of hydrogen-bond donors (Lipinski definition) is 2. The average molecular weight is 244 g/mol. The van der Waals surface area contributed by atoms with Gasteiger partial charge in [0.05, 0.1) is 6.10 Å². The fourth-order valence-corrected chi connectivity index (χ4v) is 1.95. The molecule has 0 bridgehead atoms. The predicted octanol–water partition coefficient (Wildman–Crippen LogP) is 0.953. The van der Waals surface area contributed by atoms with Crippen LogP contribution in [0.4, 0.5) is 4.79 Å². The van der Waals surface area contributed by atoms with Gasteiger partial charge in [0.1, 0.15) is 5.60 Å². The number of hydrogen-bond acceptors (Lipinski definition) is 4. The van der Waals surface area contributed by atoms with E-state index in [1.807, 2.05) is 20.8 Å². The summed E-state index contributed by atoms with van der Waals surface area (Å²) in [5.41, 5.74) is 5.13. The molecule has 1 heterocycles. The summed E-state index contributed by atoms with van der Waals surface area (Å²) in [7, 11) is 0. The molecule has 1 amide bonds. The second kappa shape index (κ2) is 5.69. The number of rotatable bonds is 1. The lowest BCUT2D eigenvalue weighted by atomic mass is 10.0. The number of ether oxygens (including phenoxy) is 1. The number of carbonyl (C=O) groups excluding carboxylic acids is 1. The van der Waals surface area contributed by atoms with Crippen molar-refractivity contribution in [2.75, 3.05) is 19.6 Å². The topological polar surface area (TPSA) is 75.8 Å². The summed E-state index contributed by atoms with van der Waals surface area (Å²) in [6.07, 6.45) is 0.760. The molecule has 1 saturated heterocycles. The second-order valence-corrected chi connectivity index (χ2v) is 5.63. The van der Waals surface area contributed by atoms with E-state index in [9.17, 15) is 9.90 Å². The zero-order valence-electron chi connectivity index (χ0n) is 11.0. The third-order valence-corrected chi connectivity index (χ3v) is 2.88. The summed E-state index contributed by atoms with van der Waals surface area (Å²) in [5, 5.41) is 9.82. The number of nitrogens with two attached hydrogens (primary N) is 1. The largest absolute Gasteiger partial charge is 0.444 e. The Morgan fingerprint density at radius 3 is 2.71 bits per heavy atom. The van der Waals surface area contributed by atoms with E-state index in [0.29, 0.717) is 26.1 Å². The Morgan fingerprint density at radius 2 is 2.18 bits per heavy atom. The van der Waals surface area contributed by atoms with Gasteiger partial charge in [-0.05, 0) is 40.2 Å². The van der Waals surface area contributed by atoms with E-state index in [4.69, 9.17) is 10.5 Å². The van der Waals surface area contributed by atoms with Gasteiger partial charge in [0.25, 0.3) is 0 Å². The third-order valence-electron chi connectivity index (χ3n) is 2.88. The molecular weight excluding hydrogens is 220 g/mol. The van der Waals surface area contributed by atoms with Crippen LogP contribution in [0, 0.1) is 5.92 Å². The average Bonchev–Trinajstić information content (AvgIpc) is 2.37. The lowest BCUT2D eigenvalue weighted by Gasteiger charge is -2.28. The monoisotopic (exact) mass is 244 g/mol. The quantitative estimate of drug-likeness (QED) is 0.720. The van der Waals surface area contributed by atoms with E-state index >= 15 is 0 Å². The van der Waals surface area contributed by atoms with Gasteiger partial charge in [-0.1, -0.05) is 0 Å². The van der Waals surface area contributed by atoms with E-state index in [2.05, 4.69) is 0 Å². The predicted molar refractivity (Wildman–Crippen MR) is 65.6 cm³/mol. The summed E-state index contributed by atoms with van der Waals surface area (Å²) < 4.78 is 5.33. The lowest BCUT2D eigenvalue weighted by molar-refractivity contribution is 0.0207. The van der Waals surface area contributed by atoms with E-state index in [1.165, 1.54) is 0 Å². The van der Waals surface area contributed by atoms with Crippen molar-refractivity contribution in [1.82, 2.24) is 4.90 Å². The van der Waals surface area contributed by atoms with Gasteiger partial charge in [0, 0.05) is 19.0 Å². The molecule has 0 aromatic rings. The minimum atomic E-state index is -0.486. The standard InChI is InChI=1S/C12H24N2O3/c1-12(2,3)17-11(16)14-6-4-5-10(15)9(7-13)8-14/h9-10,15H,4-8,13H2,1-3H3. The van der Waals surface area contributed by atoms with Crippen molar-refractivity contribution in [1.29, 1.82) is 0 Å². The molecule has 100 valence electrons. The van der Waals surface area contributed by atoms with Crippen LogP contribution in [0.2, 0.25) is 0 Å². The number of nitrogens with zero attached hydrogens (tertiary/aromatic N) is 1. The first-order chi connectivity index (χ1) is 7.83. The summed E-state index contributed by atoms with van der Waals surface area (Å²) >= 11 is 0. The number of aliphatic hydroxyl groups excluding tert-OH is 1. The van der Waals surface area contributed by atoms with Crippen molar-refractivity contribution in [2.45, 2.75) is 45.3 Å². The lowest BCUT2D eigenvalue weighted by Crippen LogP contribution is -2.42. The van der Waals surface area contributed by atoms with Crippen LogP contribution in [0.1, 0.15) is 33.6 Å². The van der Waals surface area contributed by atoms with Gasteiger partial charge in [-0.25, -0.2) is 4.79 Å². The fourth-order valence-electron chi connectivity index (χ4n) is 1.95. The molecule has 1 fully saturated rings. The second-order valence-electron chi connectivity index (χ2n) is 5.63. The maximum Gasteiger partial charge on any atom is 0.410 e. The number of amides is 1. The van der Waals surface area contributed by atoms with Crippen molar-refractivity contribution < 1.29 is 14.6 Å². The molecule has 1 aliphatic heterocycles. The summed E-state index contributed by atoms with van der Waals surface area (Å²) in [5.74, 6) is -0.0509. The van der Waals surface area contributed by atoms with E-state index in [-0.39, 0.29) is 12.0 Å². The van der Waals surface area contributed by atoms with Gasteiger partial charge in [0.2, 0.25) is 0 Å². The summed E-state index contributed by atoms with van der Waals surface area (Å²) in [6, 6.07) is 0. The highest BCUT2D eigenvalue weighted by molar-refractivity contribution is 5.68. The zero-order chi connectivity index (χ0) is 13.1. The SMILES string of the molecule is CC(C)(C)OC(=O)N1CCCC(O)C(CN)C1. The zero-order valence-corrected chi connectivity index (χ0v) is 11.0. The summed E-state index contributed by atoms with van der Waals surface area (Å²) in [4.78, 5) is 13.6. The van der Waals surface area contributed by atoms with Gasteiger partial charge in [0.15, 0.2) is 0 Å². The molecule has 0 aromatic heterocycles. The van der Waals surface area contributed by atoms with Crippen LogP contribution in [0.5, 0.6) is 0 Å². The van der Waals surface area contributed by atoms with Crippen LogP contribution in [0.15, 0.2) is 0 Å². The van der Waals surface area contributed by atoms with Gasteiger partial charge in [-0.3, -0.25) is 0 Å². The highest BCUT2D eigenvalue weighted by Gasteiger charge is 2.29. The van der Waals surface area contributed by atoms with Crippen molar-refractivity contribution in [3.63, 3.8) is 0 Å². The molecule has 0 aliphatic carbocycles. The van der Waals surface area contributed by atoms with Crippen LogP contribution >= 0.6 is 0 Å². The Balaban J connectivity index is 2.61. The minimum absolute atomic E-state index is 0.0509. The smallest absolute Gasteiger partial charge is 0.410 e. The third kappa shape index (κ3) is 4.52. The summed E-state index contributed by atoms with van der Waals surface area (Å²) in [6.45, 7) is 7.03. The van der Waals surface area contributed by atoms with Crippen LogP contribution in [-0.2, 0) is 4.74 Å². The first-order valence-electron chi connectivity index (χ1n) is 6.19. The van der Waals surface area contributed by atoms with E-state index in [1.54, 1.807) is 4.90 Å². The Bertz CT molecular complexity index is 263. The highest BCUT2D eigenvalue weighted by atomic mass is 16.6. The van der Waals surface area contributed by atoms with Crippen LogP contribution < -0.4 is 5.73 Å². The normalized spacial score (nSPS) is 26.5. The maximum atomic E-state index is 11.9. The van der Waals surface area contributed by atoms with Crippen molar-refractivity contribution >= 4 is 6.09 Å². The molecule has 1 aliphatic rings. The van der Waals surface area contributed by atoms with E-state index < -0.39 is 11.7 Å². The van der Waals surface area contributed by atoms with Gasteiger partial charge >= 0.3 is 6.09 Å². The van der Waals surface area contributed by atoms with Crippen molar-refractivity contribution in [3.8, 4) is 0 Å².